The van der Waals surface area contributed by atoms with Gasteiger partial charge in [0.05, 0.1) is 0 Å². The van der Waals surface area contributed by atoms with Gasteiger partial charge in [-0.3, -0.25) is 4.79 Å². The molecule has 3 heteroatoms. The Morgan fingerprint density at radius 2 is 1.94 bits per heavy atom. The second-order valence-corrected chi connectivity index (χ2v) is 5.01. The Bertz CT molecular complexity index is 212. The Balaban J connectivity index is 2.28. The van der Waals surface area contributed by atoms with Crippen molar-refractivity contribution in [3.05, 3.63) is 0 Å². The van der Waals surface area contributed by atoms with Crippen molar-refractivity contribution in [1.29, 1.82) is 0 Å². The van der Waals surface area contributed by atoms with Gasteiger partial charge < -0.3 is 10.2 Å². The fraction of sp³-hybridized carbons (Fsp3) is 0.929. The summed E-state index contributed by atoms with van der Waals surface area (Å²) in [6.45, 7) is 8.79. The van der Waals surface area contributed by atoms with Crippen LogP contribution in [-0.2, 0) is 4.79 Å². The van der Waals surface area contributed by atoms with Crippen molar-refractivity contribution >= 4 is 5.78 Å². The monoisotopic (exact) mass is 240 g/mol. The smallest absolute Gasteiger partial charge is 0.132 e. The van der Waals surface area contributed by atoms with Crippen LogP contribution in [0.3, 0.4) is 0 Å². The van der Waals surface area contributed by atoms with E-state index in [0.717, 1.165) is 38.5 Å². The zero-order valence-electron chi connectivity index (χ0n) is 11.5. The van der Waals surface area contributed by atoms with Crippen molar-refractivity contribution < 1.29 is 4.79 Å². The maximum absolute atomic E-state index is 11.3. The molecular formula is C14H28N2O. The molecule has 0 atom stereocenters. The van der Waals surface area contributed by atoms with Crippen molar-refractivity contribution in [3.63, 3.8) is 0 Å². The van der Waals surface area contributed by atoms with Gasteiger partial charge in [-0.2, -0.15) is 0 Å². The van der Waals surface area contributed by atoms with E-state index in [1.165, 1.54) is 25.8 Å². The second-order valence-electron chi connectivity index (χ2n) is 5.01. The van der Waals surface area contributed by atoms with Gasteiger partial charge in [0, 0.05) is 18.9 Å². The van der Waals surface area contributed by atoms with Crippen LogP contribution in [0.2, 0.25) is 0 Å². The van der Waals surface area contributed by atoms with Crippen molar-refractivity contribution in [2.24, 2.45) is 0 Å². The molecule has 0 radical (unpaired) electrons. The second kappa shape index (κ2) is 8.65. The predicted molar refractivity (Wildman–Crippen MR) is 72.3 cm³/mol. The number of rotatable bonds is 8. The molecule has 0 aromatic carbocycles. The third kappa shape index (κ3) is 5.64. The molecule has 1 N–H and O–H groups in total. The van der Waals surface area contributed by atoms with Crippen LogP contribution in [0, 0.1) is 0 Å². The minimum atomic E-state index is 0.409. The highest BCUT2D eigenvalue weighted by atomic mass is 16.1. The quantitative estimate of drug-likeness (QED) is 0.706. The first-order valence-electron chi connectivity index (χ1n) is 7.24. The number of piperidine rings is 1. The summed E-state index contributed by atoms with van der Waals surface area (Å²) in [4.78, 5) is 13.9. The number of nitrogens with one attached hydrogen (secondary N) is 1. The van der Waals surface area contributed by atoms with Crippen LogP contribution < -0.4 is 5.32 Å². The Kier molecular flexibility index (Phi) is 7.45. The highest BCUT2D eigenvalue weighted by Crippen LogP contribution is 2.13. The lowest BCUT2D eigenvalue weighted by Gasteiger charge is -2.34. The van der Waals surface area contributed by atoms with Gasteiger partial charge in [0.2, 0.25) is 0 Å². The molecule has 0 amide bonds. The maximum Gasteiger partial charge on any atom is 0.132 e. The van der Waals surface area contributed by atoms with Crippen molar-refractivity contribution in [3.8, 4) is 0 Å². The molecule has 0 saturated carbocycles. The summed E-state index contributed by atoms with van der Waals surface area (Å²) in [5, 5.41) is 3.41. The van der Waals surface area contributed by atoms with E-state index in [1.807, 2.05) is 6.92 Å². The molecule has 1 rings (SSSR count). The lowest BCUT2D eigenvalue weighted by atomic mass is 10.0. The van der Waals surface area contributed by atoms with E-state index < -0.39 is 0 Å². The topological polar surface area (TPSA) is 32.3 Å². The number of Topliss-reactive ketones (excluding diaryl/α,β-unsaturated/α-hetero) is 1. The first kappa shape index (κ1) is 14.7. The molecule has 1 aliphatic rings. The SMILES string of the molecule is CCCN(CCCC(=O)CC)C1CCNCC1. The molecule has 17 heavy (non-hydrogen) atoms. The van der Waals surface area contributed by atoms with Crippen molar-refractivity contribution in [1.82, 2.24) is 10.2 Å². The van der Waals surface area contributed by atoms with Gasteiger partial charge in [-0.25, -0.2) is 0 Å². The predicted octanol–water partition coefficient (Wildman–Crippen LogP) is 2.21. The van der Waals surface area contributed by atoms with E-state index in [9.17, 15) is 4.79 Å². The van der Waals surface area contributed by atoms with E-state index in [1.54, 1.807) is 0 Å². The van der Waals surface area contributed by atoms with Crippen molar-refractivity contribution in [2.45, 2.75) is 58.4 Å². The fourth-order valence-corrected chi connectivity index (χ4v) is 2.59. The van der Waals surface area contributed by atoms with Crippen LogP contribution >= 0.6 is 0 Å². The maximum atomic E-state index is 11.3. The van der Waals surface area contributed by atoms with Crippen LogP contribution in [0.5, 0.6) is 0 Å². The van der Waals surface area contributed by atoms with Crippen LogP contribution in [0.4, 0.5) is 0 Å². The average molecular weight is 240 g/mol. The Labute approximate surface area is 106 Å². The highest BCUT2D eigenvalue weighted by molar-refractivity contribution is 5.77. The molecule has 3 nitrogen and oxygen atoms in total. The Morgan fingerprint density at radius 3 is 2.53 bits per heavy atom. The number of carbonyl (C=O) groups excluding carboxylic acids is 1. The normalized spacial score (nSPS) is 17.6. The summed E-state index contributed by atoms with van der Waals surface area (Å²) < 4.78 is 0. The molecule has 1 saturated heterocycles. The molecule has 0 unspecified atom stereocenters. The van der Waals surface area contributed by atoms with Gasteiger partial charge in [-0.15, -0.1) is 0 Å². The van der Waals surface area contributed by atoms with Gasteiger partial charge in [0.25, 0.3) is 0 Å². The molecule has 100 valence electrons. The zero-order chi connectivity index (χ0) is 12.5. The van der Waals surface area contributed by atoms with Crippen LogP contribution in [-0.4, -0.2) is 42.9 Å². The number of hydrogen-bond acceptors (Lipinski definition) is 3. The molecule has 1 aliphatic heterocycles. The van der Waals surface area contributed by atoms with E-state index >= 15 is 0 Å². The number of nitrogens with zero attached hydrogens (tertiary/aromatic N) is 1. The summed E-state index contributed by atoms with van der Waals surface area (Å²) in [7, 11) is 0. The average Bonchev–Trinajstić information content (AvgIpc) is 2.38. The Hall–Kier alpha value is -0.410. The van der Waals surface area contributed by atoms with Crippen LogP contribution in [0.15, 0.2) is 0 Å². The summed E-state index contributed by atoms with van der Waals surface area (Å²) in [6, 6.07) is 0.743. The molecule has 0 aromatic heterocycles. The molecule has 0 aromatic rings. The lowest BCUT2D eigenvalue weighted by Crippen LogP contribution is -2.43. The van der Waals surface area contributed by atoms with E-state index in [-0.39, 0.29) is 0 Å². The lowest BCUT2D eigenvalue weighted by molar-refractivity contribution is -0.118. The molecule has 1 heterocycles. The number of hydrogen-bond donors (Lipinski definition) is 1. The van der Waals surface area contributed by atoms with Crippen LogP contribution in [0.1, 0.15) is 52.4 Å². The molecule has 0 bridgehead atoms. The van der Waals surface area contributed by atoms with Crippen molar-refractivity contribution in [2.75, 3.05) is 26.2 Å². The molecule has 1 fully saturated rings. The largest absolute Gasteiger partial charge is 0.317 e. The summed E-state index contributed by atoms with van der Waals surface area (Å²) >= 11 is 0. The molecule has 0 spiro atoms. The van der Waals surface area contributed by atoms with E-state index in [4.69, 9.17) is 0 Å². The highest BCUT2D eigenvalue weighted by Gasteiger charge is 2.19. The van der Waals surface area contributed by atoms with Crippen LogP contribution in [0.25, 0.3) is 0 Å². The van der Waals surface area contributed by atoms with Gasteiger partial charge in [-0.1, -0.05) is 13.8 Å². The Morgan fingerprint density at radius 1 is 1.24 bits per heavy atom. The minimum absolute atomic E-state index is 0.409. The minimum Gasteiger partial charge on any atom is -0.317 e. The van der Waals surface area contributed by atoms with E-state index in [2.05, 4.69) is 17.1 Å². The number of carbonyl (C=O) groups is 1. The summed E-state index contributed by atoms with van der Waals surface area (Å²) in [6.07, 6.45) is 6.24. The first-order valence-corrected chi connectivity index (χ1v) is 7.24. The zero-order valence-corrected chi connectivity index (χ0v) is 11.5. The number of ketones is 1. The fourth-order valence-electron chi connectivity index (χ4n) is 2.59. The summed E-state index contributed by atoms with van der Waals surface area (Å²) in [5.74, 6) is 0.409. The standard InChI is InChI=1S/C14H28N2O/c1-3-11-16(12-5-6-14(17)4-2)13-7-9-15-10-8-13/h13,15H,3-12H2,1-2H3. The van der Waals surface area contributed by atoms with E-state index in [0.29, 0.717) is 12.2 Å². The van der Waals surface area contributed by atoms with Gasteiger partial charge in [0.1, 0.15) is 5.78 Å². The van der Waals surface area contributed by atoms with Gasteiger partial charge >= 0.3 is 0 Å². The summed E-state index contributed by atoms with van der Waals surface area (Å²) in [5.41, 5.74) is 0. The molecular weight excluding hydrogens is 212 g/mol. The third-order valence-electron chi connectivity index (χ3n) is 3.63. The third-order valence-corrected chi connectivity index (χ3v) is 3.63. The first-order chi connectivity index (χ1) is 8.27. The molecule has 0 aliphatic carbocycles. The van der Waals surface area contributed by atoms with Gasteiger partial charge in [0.15, 0.2) is 0 Å². The van der Waals surface area contributed by atoms with Gasteiger partial charge in [-0.05, 0) is 51.9 Å².